The first kappa shape index (κ1) is 14.9. The molecular weight excluding hydrogens is 337 g/mol. The van der Waals surface area contributed by atoms with Crippen LogP contribution in [0.15, 0.2) is 36.4 Å². The van der Waals surface area contributed by atoms with Gasteiger partial charge in [-0.3, -0.25) is 14.9 Å². The number of carbonyl (C=O) groups excluding carboxylic acids is 2. The zero-order valence-corrected chi connectivity index (χ0v) is 13.7. The normalized spacial score (nSPS) is 14.7. The standard InChI is InChI=1S/C20H12FNO4/c1-9-12-6-7-13-18(26-8-25-13)16(12)15(10-2-4-11(21)5-3-10)17-14(9)19(23)22-20(17)24/h2-7H,8H2,1H3,(H,22,23,24). The molecule has 3 aromatic rings. The highest BCUT2D eigenvalue weighted by Crippen LogP contribution is 2.48. The Labute approximate surface area is 147 Å². The number of carbonyl (C=O) groups is 2. The van der Waals surface area contributed by atoms with Gasteiger partial charge in [-0.15, -0.1) is 0 Å². The molecule has 0 spiro atoms. The van der Waals surface area contributed by atoms with Crippen LogP contribution in [0.4, 0.5) is 4.39 Å². The average Bonchev–Trinajstić information content (AvgIpc) is 3.21. The van der Waals surface area contributed by atoms with E-state index in [1.807, 2.05) is 6.07 Å². The molecule has 6 heteroatoms. The predicted octanol–water partition coefficient (Wildman–Crippen LogP) is 3.57. The summed E-state index contributed by atoms with van der Waals surface area (Å²) in [6.45, 7) is 1.88. The predicted molar refractivity (Wildman–Crippen MR) is 92.0 cm³/mol. The zero-order chi connectivity index (χ0) is 18.0. The third kappa shape index (κ3) is 1.84. The van der Waals surface area contributed by atoms with Gasteiger partial charge in [0.1, 0.15) is 5.82 Å². The van der Waals surface area contributed by atoms with Crippen molar-refractivity contribution in [2.24, 2.45) is 0 Å². The summed E-state index contributed by atoms with van der Waals surface area (Å²) in [4.78, 5) is 24.9. The Morgan fingerprint density at radius 3 is 2.42 bits per heavy atom. The molecule has 0 bridgehead atoms. The summed E-state index contributed by atoms with van der Waals surface area (Å²) in [7, 11) is 0. The van der Waals surface area contributed by atoms with Crippen molar-refractivity contribution in [2.45, 2.75) is 6.92 Å². The number of rotatable bonds is 1. The number of amides is 2. The van der Waals surface area contributed by atoms with Gasteiger partial charge in [-0.05, 0) is 41.6 Å². The van der Waals surface area contributed by atoms with Crippen molar-refractivity contribution in [3.8, 4) is 22.6 Å². The van der Waals surface area contributed by atoms with Crippen molar-refractivity contribution < 1.29 is 23.5 Å². The molecule has 3 aromatic carbocycles. The van der Waals surface area contributed by atoms with Gasteiger partial charge in [-0.1, -0.05) is 18.2 Å². The van der Waals surface area contributed by atoms with Crippen molar-refractivity contribution in [3.63, 3.8) is 0 Å². The number of benzene rings is 3. The van der Waals surface area contributed by atoms with Crippen LogP contribution < -0.4 is 14.8 Å². The van der Waals surface area contributed by atoms with Crippen LogP contribution in [0.2, 0.25) is 0 Å². The zero-order valence-electron chi connectivity index (χ0n) is 13.7. The summed E-state index contributed by atoms with van der Waals surface area (Å²) in [5.41, 5.74) is 2.51. The number of ether oxygens (including phenoxy) is 2. The Balaban J connectivity index is 2.01. The van der Waals surface area contributed by atoms with Gasteiger partial charge in [0.2, 0.25) is 6.79 Å². The van der Waals surface area contributed by atoms with Crippen molar-refractivity contribution in [3.05, 3.63) is 58.9 Å². The minimum atomic E-state index is -0.467. The Morgan fingerprint density at radius 1 is 0.923 bits per heavy atom. The highest BCUT2D eigenvalue weighted by atomic mass is 19.1. The van der Waals surface area contributed by atoms with Crippen molar-refractivity contribution >= 4 is 22.6 Å². The Kier molecular flexibility index (Phi) is 2.89. The lowest BCUT2D eigenvalue weighted by molar-refractivity contribution is 0.0879. The van der Waals surface area contributed by atoms with Crippen LogP contribution in [-0.2, 0) is 0 Å². The van der Waals surface area contributed by atoms with E-state index in [9.17, 15) is 14.0 Å². The third-order valence-electron chi connectivity index (χ3n) is 4.88. The summed E-state index contributed by atoms with van der Waals surface area (Å²) < 4.78 is 24.6. The fraction of sp³-hybridized carbons (Fsp3) is 0.100. The maximum absolute atomic E-state index is 13.4. The van der Waals surface area contributed by atoms with Gasteiger partial charge in [0.15, 0.2) is 11.5 Å². The second-order valence-electron chi connectivity index (χ2n) is 6.26. The molecule has 2 amide bonds. The Hall–Kier alpha value is -3.41. The molecule has 0 radical (unpaired) electrons. The maximum Gasteiger partial charge on any atom is 0.259 e. The number of hydrogen-bond acceptors (Lipinski definition) is 4. The number of nitrogens with one attached hydrogen (secondary N) is 1. The summed E-state index contributed by atoms with van der Waals surface area (Å²) in [6, 6.07) is 9.45. The second-order valence-corrected chi connectivity index (χ2v) is 6.26. The van der Waals surface area contributed by atoms with Gasteiger partial charge < -0.3 is 9.47 Å². The lowest BCUT2D eigenvalue weighted by atomic mass is 9.86. The molecule has 0 atom stereocenters. The number of aryl methyl sites for hydroxylation is 1. The molecule has 2 aliphatic heterocycles. The topological polar surface area (TPSA) is 64.6 Å². The largest absolute Gasteiger partial charge is 0.454 e. The molecule has 2 heterocycles. The summed E-state index contributed by atoms with van der Waals surface area (Å²) in [5.74, 6) is -0.173. The van der Waals surface area contributed by atoms with E-state index in [1.54, 1.807) is 25.1 Å². The van der Waals surface area contributed by atoms with Crippen LogP contribution in [0.3, 0.4) is 0 Å². The minimum Gasteiger partial charge on any atom is -0.454 e. The number of fused-ring (bicyclic) bond motifs is 4. The van der Waals surface area contributed by atoms with Crippen molar-refractivity contribution in [1.82, 2.24) is 5.32 Å². The second kappa shape index (κ2) is 5.05. The van der Waals surface area contributed by atoms with Gasteiger partial charge in [0.25, 0.3) is 11.8 Å². The first-order valence-corrected chi connectivity index (χ1v) is 8.06. The molecule has 0 aliphatic carbocycles. The maximum atomic E-state index is 13.4. The molecule has 0 saturated carbocycles. The molecule has 0 aromatic heterocycles. The lowest BCUT2D eigenvalue weighted by Crippen LogP contribution is -2.20. The molecule has 5 rings (SSSR count). The van der Waals surface area contributed by atoms with Gasteiger partial charge >= 0.3 is 0 Å². The fourth-order valence-corrected chi connectivity index (χ4v) is 3.75. The molecular formula is C20H12FNO4. The highest BCUT2D eigenvalue weighted by molar-refractivity contribution is 6.29. The molecule has 5 nitrogen and oxygen atoms in total. The van der Waals surface area contributed by atoms with Crippen LogP contribution >= 0.6 is 0 Å². The van der Waals surface area contributed by atoms with Gasteiger partial charge in [0.05, 0.1) is 11.1 Å². The molecule has 0 fully saturated rings. The SMILES string of the molecule is Cc1c2c(c(-c3ccc(F)cc3)c3c4c(ccc13)OCO4)C(=O)NC2=O. The van der Waals surface area contributed by atoms with Crippen molar-refractivity contribution in [1.29, 1.82) is 0 Å². The molecule has 0 saturated heterocycles. The van der Waals surface area contributed by atoms with Crippen molar-refractivity contribution in [2.75, 3.05) is 6.79 Å². The molecule has 0 unspecified atom stereocenters. The van der Waals surface area contributed by atoms with E-state index >= 15 is 0 Å². The summed E-state index contributed by atoms with van der Waals surface area (Å²) >= 11 is 0. The Morgan fingerprint density at radius 2 is 1.65 bits per heavy atom. The van der Waals surface area contributed by atoms with E-state index < -0.39 is 11.8 Å². The van der Waals surface area contributed by atoms with Gasteiger partial charge in [0, 0.05) is 10.9 Å². The van der Waals surface area contributed by atoms with E-state index in [1.165, 1.54) is 12.1 Å². The third-order valence-corrected chi connectivity index (χ3v) is 4.88. The van der Waals surface area contributed by atoms with Gasteiger partial charge in [-0.2, -0.15) is 0 Å². The van der Waals surface area contributed by atoms with Crippen LogP contribution in [0.25, 0.3) is 21.9 Å². The van der Waals surface area contributed by atoms with E-state index in [-0.39, 0.29) is 18.2 Å². The quantitative estimate of drug-likeness (QED) is 0.682. The first-order valence-electron chi connectivity index (χ1n) is 8.06. The fourth-order valence-electron chi connectivity index (χ4n) is 3.75. The van der Waals surface area contributed by atoms with Crippen LogP contribution in [0.5, 0.6) is 11.5 Å². The smallest absolute Gasteiger partial charge is 0.259 e. The minimum absolute atomic E-state index is 0.0819. The molecule has 26 heavy (non-hydrogen) atoms. The van der Waals surface area contributed by atoms with Crippen LogP contribution in [0, 0.1) is 12.7 Å². The molecule has 128 valence electrons. The summed E-state index contributed by atoms with van der Waals surface area (Å²) in [5, 5.41) is 3.84. The molecule has 1 N–H and O–H groups in total. The lowest BCUT2D eigenvalue weighted by Gasteiger charge is -2.16. The Bertz CT molecular complexity index is 1140. The van der Waals surface area contributed by atoms with E-state index in [2.05, 4.69) is 5.32 Å². The first-order chi connectivity index (χ1) is 12.6. The monoisotopic (exact) mass is 349 g/mol. The molecule has 2 aliphatic rings. The highest BCUT2D eigenvalue weighted by Gasteiger charge is 2.35. The summed E-state index contributed by atoms with van der Waals surface area (Å²) in [6.07, 6.45) is 0. The number of imide groups is 1. The number of hydrogen-bond donors (Lipinski definition) is 1. The van der Waals surface area contributed by atoms with E-state index in [0.717, 1.165) is 5.39 Å². The van der Waals surface area contributed by atoms with E-state index in [0.29, 0.717) is 39.1 Å². The van der Waals surface area contributed by atoms with Crippen LogP contribution in [-0.4, -0.2) is 18.6 Å². The van der Waals surface area contributed by atoms with Crippen LogP contribution in [0.1, 0.15) is 26.3 Å². The average molecular weight is 349 g/mol. The van der Waals surface area contributed by atoms with Gasteiger partial charge in [-0.25, -0.2) is 4.39 Å². The van der Waals surface area contributed by atoms with E-state index in [4.69, 9.17) is 9.47 Å². The number of halogens is 1.